The molecule has 1 amide bonds. The molecule has 4 heteroatoms. The highest BCUT2D eigenvalue weighted by Crippen LogP contribution is 2.31. The number of hydrogen-bond acceptors (Lipinski definition) is 2. The van der Waals surface area contributed by atoms with Crippen molar-refractivity contribution in [1.29, 1.82) is 0 Å². The van der Waals surface area contributed by atoms with Gasteiger partial charge in [-0.1, -0.05) is 23.7 Å². The summed E-state index contributed by atoms with van der Waals surface area (Å²) in [7, 11) is 0. The van der Waals surface area contributed by atoms with E-state index in [4.69, 9.17) is 17.3 Å². The summed E-state index contributed by atoms with van der Waals surface area (Å²) in [5, 5.41) is 0.791. The minimum atomic E-state index is -0.277. The quantitative estimate of drug-likeness (QED) is 0.884. The molecule has 0 aliphatic carbocycles. The molecule has 0 spiro atoms. The standard InChI is InChI=1S/C11H14ClNOS/c1-7(15-8(2)11(13)14)9-3-5-10(12)6-4-9/h3-8H,1-2H3,(H2,13,14)/t7-,8+/m1/s1. The summed E-state index contributed by atoms with van der Waals surface area (Å²) in [6.07, 6.45) is 0. The van der Waals surface area contributed by atoms with Crippen molar-refractivity contribution < 1.29 is 4.79 Å². The number of halogens is 1. The number of primary amides is 1. The lowest BCUT2D eigenvalue weighted by atomic mass is 10.2. The SMILES string of the molecule is C[C@H](S[C@H](C)c1ccc(Cl)cc1)C(N)=O. The maximum atomic E-state index is 10.9. The molecule has 82 valence electrons. The number of nitrogens with two attached hydrogens (primary N) is 1. The Morgan fingerprint density at radius 3 is 2.33 bits per heavy atom. The van der Waals surface area contributed by atoms with Crippen molar-refractivity contribution in [3.8, 4) is 0 Å². The first kappa shape index (κ1) is 12.4. The molecule has 1 rings (SSSR count). The molecule has 0 radical (unpaired) electrons. The second kappa shape index (κ2) is 5.42. The van der Waals surface area contributed by atoms with Crippen LogP contribution in [0.2, 0.25) is 5.02 Å². The molecule has 2 nitrogen and oxygen atoms in total. The van der Waals surface area contributed by atoms with Crippen molar-refractivity contribution in [2.45, 2.75) is 24.3 Å². The number of carbonyl (C=O) groups is 1. The summed E-state index contributed by atoms with van der Waals surface area (Å²) >= 11 is 7.34. The van der Waals surface area contributed by atoms with Gasteiger partial charge in [0.2, 0.25) is 5.91 Å². The highest BCUT2D eigenvalue weighted by atomic mass is 35.5. The van der Waals surface area contributed by atoms with E-state index in [0.29, 0.717) is 0 Å². The smallest absolute Gasteiger partial charge is 0.230 e. The largest absolute Gasteiger partial charge is 0.369 e. The summed E-state index contributed by atoms with van der Waals surface area (Å²) in [5.41, 5.74) is 6.36. The van der Waals surface area contributed by atoms with Gasteiger partial charge < -0.3 is 5.73 Å². The summed E-state index contributed by atoms with van der Waals surface area (Å²) in [4.78, 5) is 10.9. The van der Waals surface area contributed by atoms with Gasteiger partial charge in [0.15, 0.2) is 0 Å². The van der Waals surface area contributed by atoms with Gasteiger partial charge >= 0.3 is 0 Å². The maximum Gasteiger partial charge on any atom is 0.230 e. The fourth-order valence-electron chi connectivity index (χ4n) is 1.19. The van der Waals surface area contributed by atoms with Crippen LogP contribution in [-0.4, -0.2) is 11.2 Å². The van der Waals surface area contributed by atoms with Crippen LogP contribution in [0, 0.1) is 0 Å². The van der Waals surface area contributed by atoms with Crippen molar-refractivity contribution in [3.05, 3.63) is 34.9 Å². The molecule has 0 aliphatic heterocycles. The van der Waals surface area contributed by atoms with E-state index in [1.807, 2.05) is 38.1 Å². The van der Waals surface area contributed by atoms with Crippen molar-refractivity contribution in [1.82, 2.24) is 0 Å². The Balaban J connectivity index is 2.64. The van der Waals surface area contributed by atoms with Crippen molar-refractivity contribution >= 4 is 29.3 Å². The van der Waals surface area contributed by atoms with Gasteiger partial charge in [-0.05, 0) is 31.5 Å². The Kier molecular flexibility index (Phi) is 4.48. The van der Waals surface area contributed by atoms with E-state index in [9.17, 15) is 4.79 Å². The van der Waals surface area contributed by atoms with Crippen LogP contribution < -0.4 is 5.73 Å². The second-order valence-electron chi connectivity index (χ2n) is 3.37. The Hall–Kier alpha value is -0.670. The molecule has 0 heterocycles. The minimum Gasteiger partial charge on any atom is -0.369 e. The van der Waals surface area contributed by atoms with E-state index in [0.717, 1.165) is 10.6 Å². The normalized spacial score (nSPS) is 14.6. The lowest BCUT2D eigenvalue weighted by molar-refractivity contribution is -0.117. The summed E-state index contributed by atoms with van der Waals surface area (Å²) in [5.74, 6) is -0.277. The molecule has 0 aromatic heterocycles. The lowest BCUT2D eigenvalue weighted by Crippen LogP contribution is -2.23. The van der Waals surface area contributed by atoms with E-state index >= 15 is 0 Å². The number of benzene rings is 1. The molecular weight excluding hydrogens is 230 g/mol. The van der Waals surface area contributed by atoms with Gasteiger partial charge in [-0.15, -0.1) is 11.8 Å². The van der Waals surface area contributed by atoms with E-state index in [1.165, 1.54) is 0 Å². The van der Waals surface area contributed by atoms with E-state index in [-0.39, 0.29) is 16.4 Å². The topological polar surface area (TPSA) is 43.1 Å². The minimum absolute atomic E-state index is 0.171. The Morgan fingerprint density at radius 1 is 1.33 bits per heavy atom. The first-order valence-corrected chi connectivity index (χ1v) is 6.03. The fourth-order valence-corrected chi connectivity index (χ4v) is 2.37. The highest BCUT2D eigenvalue weighted by molar-refractivity contribution is 8.00. The van der Waals surface area contributed by atoms with Crippen LogP contribution in [0.25, 0.3) is 0 Å². The molecule has 2 N–H and O–H groups in total. The molecule has 0 saturated carbocycles. The summed E-state index contributed by atoms with van der Waals surface area (Å²) in [6, 6.07) is 7.63. The third kappa shape index (κ3) is 3.76. The van der Waals surface area contributed by atoms with Gasteiger partial charge in [0.25, 0.3) is 0 Å². The molecular formula is C11H14ClNOS. The van der Waals surface area contributed by atoms with Crippen LogP contribution >= 0.6 is 23.4 Å². The first-order chi connectivity index (χ1) is 7.00. The molecule has 1 aromatic carbocycles. The molecule has 0 unspecified atom stereocenters. The van der Waals surface area contributed by atoms with Gasteiger partial charge in [-0.25, -0.2) is 0 Å². The lowest BCUT2D eigenvalue weighted by Gasteiger charge is -2.14. The van der Waals surface area contributed by atoms with Gasteiger partial charge in [-0.2, -0.15) is 0 Å². The maximum absolute atomic E-state index is 10.9. The Morgan fingerprint density at radius 2 is 1.87 bits per heavy atom. The molecule has 15 heavy (non-hydrogen) atoms. The predicted octanol–water partition coefficient (Wildman–Crippen LogP) is 3.01. The van der Waals surface area contributed by atoms with Crippen LogP contribution in [0.15, 0.2) is 24.3 Å². The van der Waals surface area contributed by atoms with Gasteiger partial charge in [0.05, 0.1) is 5.25 Å². The van der Waals surface area contributed by atoms with Crippen molar-refractivity contribution in [3.63, 3.8) is 0 Å². The monoisotopic (exact) mass is 243 g/mol. The van der Waals surface area contributed by atoms with Crippen LogP contribution in [0.5, 0.6) is 0 Å². The number of rotatable bonds is 4. The third-order valence-electron chi connectivity index (χ3n) is 2.15. The zero-order valence-corrected chi connectivity index (χ0v) is 10.3. The van der Waals surface area contributed by atoms with Gasteiger partial charge in [0, 0.05) is 10.3 Å². The van der Waals surface area contributed by atoms with Crippen molar-refractivity contribution in [2.75, 3.05) is 0 Å². The highest BCUT2D eigenvalue weighted by Gasteiger charge is 2.14. The van der Waals surface area contributed by atoms with Gasteiger partial charge in [-0.3, -0.25) is 4.79 Å². The van der Waals surface area contributed by atoms with Crippen LogP contribution in [-0.2, 0) is 4.79 Å². The van der Waals surface area contributed by atoms with Gasteiger partial charge in [0.1, 0.15) is 0 Å². The third-order valence-corrected chi connectivity index (χ3v) is 3.72. The predicted molar refractivity (Wildman–Crippen MR) is 66.1 cm³/mol. The zero-order valence-electron chi connectivity index (χ0n) is 8.74. The average molecular weight is 244 g/mol. The van der Waals surface area contributed by atoms with E-state index < -0.39 is 0 Å². The Bertz CT molecular complexity index is 339. The first-order valence-electron chi connectivity index (χ1n) is 4.71. The molecule has 0 aliphatic rings. The molecule has 0 bridgehead atoms. The number of hydrogen-bond donors (Lipinski definition) is 1. The Labute approximate surface area is 99.2 Å². The zero-order chi connectivity index (χ0) is 11.4. The number of thioether (sulfide) groups is 1. The number of amides is 1. The van der Waals surface area contributed by atoms with E-state index in [2.05, 4.69) is 0 Å². The molecule has 0 fully saturated rings. The average Bonchev–Trinajstić information content (AvgIpc) is 2.18. The second-order valence-corrected chi connectivity index (χ2v) is 5.50. The molecule has 0 saturated heterocycles. The summed E-state index contributed by atoms with van der Waals surface area (Å²) < 4.78 is 0. The number of carbonyl (C=O) groups excluding carboxylic acids is 1. The van der Waals surface area contributed by atoms with Crippen LogP contribution in [0.3, 0.4) is 0 Å². The van der Waals surface area contributed by atoms with E-state index in [1.54, 1.807) is 11.8 Å². The van der Waals surface area contributed by atoms with Crippen LogP contribution in [0.4, 0.5) is 0 Å². The summed E-state index contributed by atoms with van der Waals surface area (Å²) in [6.45, 7) is 3.87. The van der Waals surface area contributed by atoms with Crippen molar-refractivity contribution in [2.24, 2.45) is 5.73 Å². The molecule has 1 aromatic rings. The fraction of sp³-hybridized carbons (Fsp3) is 0.364. The van der Waals surface area contributed by atoms with Crippen LogP contribution in [0.1, 0.15) is 24.7 Å². The molecule has 2 atom stereocenters.